The molecular formula is C32H33F2N7O3. The second-order valence-corrected chi connectivity index (χ2v) is 10.9. The first-order valence-corrected chi connectivity index (χ1v) is 14.7. The summed E-state index contributed by atoms with van der Waals surface area (Å²) in [6.07, 6.45) is 5.20. The number of nitrogens with one attached hydrogen (secondary N) is 2. The first kappa shape index (κ1) is 29.2. The summed E-state index contributed by atoms with van der Waals surface area (Å²) in [6.45, 7) is 4.48. The molecule has 2 amide bonds. The molecule has 44 heavy (non-hydrogen) atoms. The van der Waals surface area contributed by atoms with Gasteiger partial charge >= 0.3 is 0 Å². The normalized spacial score (nSPS) is 15.2. The third kappa shape index (κ3) is 6.86. The fourth-order valence-corrected chi connectivity index (χ4v) is 5.48. The molecule has 2 N–H and O–H groups in total. The third-order valence-corrected chi connectivity index (χ3v) is 7.73. The van der Waals surface area contributed by atoms with Gasteiger partial charge in [0.1, 0.15) is 17.3 Å². The molecule has 4 aromatic rings. The Hall–Kier alpha value is -4.84. The van der Waals surface area contributed by atoms with Crippen molar-refractivity contribution < 1.29 is 23.1 Å². The van der Waals surface area contributed by atoms with Gasteiger partial charge in [-0.15, -0.1) is 5.10 Å². The molecule has 228 valence electrons. The standard InChI is InChI=1S/C32H33F2N7O3/c33-23-15-22(16-24(34)17-23)31(42)36-26-5-4-6-28(18-26)41-21-27(37-38-41)20-35-25-7-8-30(39-9-2-1-3-10-39)29(19-25)32(43)40-11-13-44-14-12-40/h4-8,15-19,21,35H,1-3,9-14,20H2,(H,36,42). The Labute approximate surface area is 253 Å². The van der Waals surface area contributed by atoms with Crippen molar-refractivity contribution in [2.24, 2.45) is 0 Å². The lowest BCUT2D eigenvalue weighted by Gasteiger charge is -2.33. The smallest absolute Gasteiger partial charge is 0.256 e. The molecule has 0 unspecified atom stereocenters. The zero-order chi connectivity index (χ0) is 30.5. The van der Waals surface area contributed by atoms with Gasteiger partial charge < -0.3 is 25.2 Å². The number of rotatable bonds is 8. The molecule has 0 aliphatic carbocycles. The van der Waals surface area contributed by atoms with E-state index < -0.39 is 17.5 Å². The van der Waals surface area contributed by atoms with E-state index in [9.17, 15) is 18.4 Å². The van der Waals surface area contributed by atoms with Crippen molar-refractivity contribution in [1.82, 2.24) is 19.9 Å². The van der Waals surface area contributed by atoms with Gasteiger partial charge in [-0.1, -0.05) is 11.3 Å². The maximum atomic E-state index is 13.6. The van der Waals surface area contributed by atoms with E-state index in [1.165, 1.54) is 6.42 Å². The Morgan fingerprint density at radius 1 is 0.864 bits per heavy atom. The Kier molecular flexibility index (Phi) is 8.78. The number of aromatic nitrogens is 3. The van der Waals surface area contributed by atoms with Gasteiger partial charge in [0.25, 0.3) is 11.8 Å². The zero-order valence-corrected chi connectivity index (χ0v) is 24.1. The molecule has 10 nitrogen and oxygen atoms in total. The summed E-state index contributed by atoms with van der Waals surface area (Å²) in [4.78, 5) is 30.3. The van der Waals surface area contributed by atoms with Crippen molar-refractivity contribution in [2.45, 2.75) is 25.8 Å². The van der Waals surface area contributed by atoms with Crippen molar-refractivity contribution in [3.05, 3.63) is 95.3 Å². The number of morpholine rings is 1. The van der Waals surface area contributed by atoms with E-state index in [0.717, 1.165) is 49.4 Å². The molecule has 3 heterocycles. The summed E-state index contributed by atoms with van der Waals surface area (Å²) in [5, 5.41) is 14.5. The highest BCUT2D eigenvalue weighted by Crippen LogP contribution is 2.29. The zero-order valence-electron chi connectivity index (χ0n) is 24.1. The summed E-state index contributed by atoms with van der Waals surface area (Å²) < 4.78 is 34.1. The fourth-order valence-electron chi connectivity index (χ4n) is 5.48. The summed E-state index contributed by atoms with van der Waals surface area (Å²) in [7, 11) is 0. The van der Waals surface area contributed by atoms with E-state index in [0.29, 0.717) is 61.5 Å². The van der Waals surface area contributed by atoms with Gasteiger partial charge in [0.2, 0.25) is 0 Å². The predicted octanol–water partition coefficient (Wildman–Crippen LogP) is 4.87. The lowest BCUT2D eigenvalue weighted by Crippen LogP contribution is -2.41. The predicted molar refractivity (Wildman–Crippen MR) is 162 cm³/mol. The minimum atomic E-state index is -0.828. The number of ether oxygens (including phenoxy) is 1. The molecule has 0 saturated carbocycles. The molecule has 0 radical (unpaired) electrons. The summed E-state index contributed by atoms with van der Waals surface area (Å²) in [5.74, 6) is -2.28. The topological polar surface area (TPSA) is 105 Å². The Balaban J connectivity index is 1.14. The molecule has 2 aliphatic rings. The monoisotopic (exact) mass is 601 g/mol. The number of benzene rings is 3. The maximum absolute atomic E-state index is 13.6. The van der Waals surface area contributed by atoms with E-state index in [4.69, 9.17) is 4.74 Å². The number of carbonyl (C=O) groups excluding carboxylic acids is 2. The lowest BCUT2D eigenvalue weighted by atomic mass is 10.0. The van der Waals surface area contributed by atoms with E-state index >= 15 is 0 Å². The van der Waals surface area contributed by atoms with Crippen LogP contribution in [0.5, 0.6) is 0 Å². The van der Waals surface area contributed by atoms with Crippen molar-refractivity contribution in [2.75, 3.05) is 54.9 Å². The molecule has 1 aromatic heterocycles. The number of amides is 2. The van der Waals surface area contributed by atoms with Crippen LogP contribution in [0.1, 0.15) is 45.7 Å². The Bertz CT molecular complexity index is 1630. The minimum absolute atomic E-state index is 0.0120. The van der Waals surface area contributed by atoms with Crippen LogP contribution in [0.3, 0.4) is 0 Å². The summed E-state index contributed by atoms with van der Waals surface area (Å²) >= 11 is 0. The van der Waals surface area contributed by atoms with Crippen LogP contribution in [0.25, 0.3) is 5.69 Å². The lowest BCUT2D eigenvalue weighted by molar-refractivity contribution is 0.0303. The molecule has 0 atom stereocenters. The maximum Gasteiger partial charge on any atom is 0.256 e. The molecule has 2 saturated heterocycles. The summed E-state index contributed by atoms with van der Waals surface area (Å²) in [6, 6.07) is 15.5. The third-order valence-electron chi connectivity index (χ3n) is 7.73. The van der Waals surface area contributed by atoms with Crippen LogP contribution in [0, 0.1) is 11.6 Å². The highest BCUT2D eigenvalue weighted by molar-refractivity contribution is 6.04. The van der Waals surface area contributed by atoms with Crippen LogP contribution >= 0.6 is 0 Å². The van der Waals surface area contributed by atoms with E-state index in [-0.39, 0.29) is 11.5 Å². The van der Waals surface area contributed by atoms with E-state index in [2.05, 4.69) is 25.8 Å². The van der Waals surface area contributed by atoms with Crippen LogP contribution in [0.4, 0.5) is 25.8 Å². The van der Waals surface area contributed by atoms with E-state index in [1.807, 2.05) is 23.1 Å². The van der Waals surface area contributed by atoms with Crippen molar-refractivity contribution >= 4 is 28.9 Å². The summed E-state index contributed by atoms with van der Waals surface area (Å²) in [5.41, 5.74) is 4.05. The van der Waals surface area contributed by atoms with Crippen LogP contribution in [0.15, 0.2) is 66.9 Å². The number of carbonyl (C=O) groups is 2. The van der Waals surface area contributed by atoms with Gasteiger partial charge in [-0.05, 0) is 67.8 Å². The van der Waals surface area contributed by atoms with Gasteiger partial charge in [-0.2, -0.15) is 0 Å². The number of nitrogens with zero attached hydrogens (tertiary/aromatic N) is 5. The van der Waals surface area contributed by atoms with Crippen molar-refractivity contribution in [3.8, 4) is 5.69 Å². The highest BCUT2D eigenvalue weighted by Gasteiger charge is 2.24. The molecule has 3 aromatic carbocycles. The largest absolute Gasteiger partial charge is 0.379 e. The van der Waals surface area contributed by atoms with Gasteiger partial charge in [0.15, 0.2) is 0 Å². The van der Waals surface area contributed by atoms with E-state index in [1.54, 1.807) is 35.1 Å². The van der Waals surface area contributed by atoms with Crippen molar-refractivity contribution in [3.63, 3.8) is 0 Å². The average molecular weight is 602 g/mol. The first-order valence-electron chi connectivity index (χ1n) is 14.7. The Morgan fingerprint density at radius 2 is 1.64 bits per heavy atom. The second kappa shape index (κ2) is 13.2. The molecule has 2 aliphatic heterocycles. The molecule has 6 rings (SSSR count). The molecule has 2 fully saturated rings. The van der Waals surface area contributed by atoms with Crippen molar-refractivity contribution in [1.29, 1.82) is 0 Å². The second-order valence-electron chi connectivity index (χ2n) is 10.9. The number of piperidine rings is 1. The molecule has 0 bridgehead atoms. The first-order chi connectivity index (χ1) is 21.4. The van der Waals surface area contributed by atoms with Gasteiger partial charge in [-0.3, -0.25) is 9.59 Å². The highest BCUT2D eigenvalue weighted by atomic mass is 19.1. The van der Waals surface area contributed by atoms with Gasteiger partial charge in [0, 0.05) is 54.9 Å². The van der Waals surface area contributed by atoms with Gasteiger partial charge in [0.05, 0.1) is 37.2 Å². The van der Waals surface area contributed by atoms with Crippen LogP contribution < -0.4 is 15.5 Å². The molecule has 0 spiro atoms. The van der Waals surface area contributed by atoms with Gasteiger partial charge in [-0.25, -0.2) is 13.5 Å². The SMILES string of the molecule is O=C(Nc1cccc(-n2cc(CNc3ccc(N4CCCCC4)c(C(=O)N4CCOCC4)c3)nn2)c1)c1cc(F)cc(F)c1. The number of halogens is 2. The molecular weight excluding hydrogens is 568 g/mol. The quantitative estimate of drug-likeness (QED) is 0.297. The minimum Gasteiger partial charge on any atom is -0.379 e. The van der Waals surface area contributed by atoms with Crippen LogP contribution in [0.2, 0.25) is 0 Å². The number of hydrogen-bond acceptors (Lipinski definition) is 7. The van der Waals surface area contributed by atoms with Crippen LogP contribution in [-0.4, -0.2) is 71.1 Å². The number of anilines is 3. The van der Waals surface area contributed by atoms with Crippen LogP contribution in [-0.2, 0) is 11.3 Å². The number of hydrogen-bond donors (Lipinski definition) is 2. The fraction of sp³-hybridized carbons (Fsp3) is 0.312. The average Bonchev–Trinajstić information content (AvgIpc) is 3.53. The Morgan fingerprint density at radius 3 is 2.41 bits per heavy atom. The molecule has 12 heteroatoms.